The highest BCUT2D eigenvalue weighted by Gasteiger charge is 2.60. The number of hydrogen-bond donors (Lipinski definition) is 1. The highest BCUT2D eigenvalue weighted by Crippen LogP contribution is 2.59. The Balaban J connectivity index is 1.65. The van der Waals surface area contributed by atoms with E-state index in [1.807, 2.05) is 20.8 Å². The number of anilines is 1. The average molecular weight is 482 g/mol. The highest BCUT2D eigenvalue weighted by atomic mass is 35.5. The summed E-state index contributed by atoms with van der Waals surface area (Å²) in [7, 11) is -3.91. The molecule has 0 aromatic carbocycles. The van der Waals surface area contributed by atoms with Crippen LogP contribution in [-0.4, -0.2) is 50.7 Å². The summed E-state index contributed by atoms with van der Waals surface area (Å²) in [6.07, 6.45) is -1.04. The van der Waals surface area contributed by atoms with Gasteiger partial charge in [0.25, 0.3) is 0 Å². The number of carbonyl (C=O) groups is 1. The first-order chi connectivity index (χ1) is 13.8. The van der Waals surface area contributed by atoms with Crippen LogP contribution in [0.3, 0.4) is 0 Å². The number of phosphoric ester groups is 1. The van der Waals surface area contributed by atoms with Crippen LogP contribution in [0.2, 0.25) is 0 Å². The first-order valence-corrected chi connectivity index (χ1v) is 12.1. The van der Waals surface area contributed by atoms with Crippen LogP contribution in [0.1, 0.15) is 33.9 Å². The maximum atomic E-state index is 12.9. The van der Waals surface area contributed by atoms with Gasteiger partial charge in [0.05, 0.1) is 13.2 Å². The van der Waals surface area contributed by atoms with Gasteiger partial charge in [0, 0.05) is 17.4 Å². The zero-order valence-corrected chi connectivity index (χ0v) is 19.5. The van der Waals surface area contributed by atoms with Gasteiger partial charge in [0.2, 0.25) is 0 Å². The van der Waals surface area contributed by atoms with Crippen molar-refractivity contribution in [3.8, 4) is 0 Å². The molecular formula is C17H25ClN3O7PS. The molecule has 1 aromatic heterocycles. The van der Waals surface area contributed by atoms with Gasteiger partial charge < -0.3 is 10.5 Å². The van der Waals surface area contributed by atoms with Crippen molar-refractivity contribution in [3.63, 3.8) is 0 Å². The predicted octanol–water partition coefficient (Wildman–Crippen LogP) is 2.57. The largest absolute Gasteiger partial charge is 0.475 e. The van der Waals surface area contributed by atoms with Crippen molar-refractivity contribution in [2.75, 3.05) is 24.7 Å². The molecule has 0 radical (unpaired) electrons. The van der Waals surface area contributed by atoms with E-state index in [0.29, 0.717) is 5.75 Å². The lowest BCUT2D eigenvalue weighted by Gasteiger charge is -2.34. The number of carbonyl (C=O) groups excluding carboxylic acids is 1. The molecule has 168 valence electrons. The van der Waals surface area contributed by atoms with Gasteiger partial charge >= 0.3 is 13.5 Å². The second-order valence-electron chi connectivity index (χ2n) is 8.21. The molecule has 2 aliphatic rings. The Kier molecular flexibility index (Phi) is 6.75. The molecule has 3 rings (SSSR count). The molecule has 2 saturated heterocycles. The first kappa shape index (κ1) is 23.7. The SMILES string of the molecule is CC(C)(C)C(=O)SCCOP1(=O)OC[C@H]2O[C@@H](n3ccc(N)nc3=O)[C@](C)(Cl)[C@@H]2O1. The molecule has 0 bridgehead atoms. The van der Waals surface area contributed by atoms with E-state index in [9.17, 15) is 14.2 Å². The normalized spacial score (nSPS) is 34.0. The van der Waals surface area contributed by atoms with Crippen LogP contribution in [0, 0.1) is 5.41 Å². The third-order valence-electron chi connectivity index (χ3n) is 4.60. The molecule has 0 amide bonds. The zero-order chi connectivity index (χ0) is 22.3. The van der Waals surface area contributed by atoms with Gasteiger partial charge in [-0.15, -0.1) is 11.6 Å². The Morgan fingerprint density at radius 1 is 1.53 bits per heavy atom. The lowest BCUT2D eigenvalue weighted by atomic mass is 10.00. The van der Waals surface area contributed by atoms with Gasteiger partial charge in [-0.25, -0.2) is 9.36 Å². The summed E-state index contributed by atoms with van der Waals surface area (Å²) in [6.45, 7) is 6.97. The van der Waals surface area contributed by atoms with E-state index in [1.165, 1.54) is 16.8 Å². The van der Waals surface area contributed by atoms with E-state index in [-0.39, 0.29) is 24.1 Å². The van der Waals surface area contributed by atoms with E-state index in [1.54, 1.807) is 6.92 Å². The van der Waals surface area contributed by atoms with Crippen molar-refractivity contribution >= 4 is 42.1 Å². The number of nitrogens with zero attached hydrogens (tertiary/aromatic N) is 2. The zero-order valence-electron chi connectivity index (χ0n) is 17.1. The number of nitrogen functional groups attached to an aromatic ring is 1. The fourth-order valence-corrected chi connectivity index (χ4v) is 5.80. The molecule has 2 aliphatic heterocycles. The second-order valence-corrected chi connectivity index (χ2v) is 11.7. The topological polar surface area (TPSA) is 132 Å². The number of halogens is 1. The van der Waals surface area contributed by atoms with Gasteiger partial charge in [-0.05, 0) is 13.0 Å². The molecule has 0 spiro atoms. The van der Waals surface area contributed by atoms with E-state index < -0.39 is 42.2 Å². The highest BCUT2D eigenvalue weighted by molar-refractivity contribution is 8.13. The van der Waals surface area contributed by atoms with Crippen LogP contribution in [0.15, 0.2) is 17.1 Å². The minimum Gasteiger partial charge on any atom is -0.383 e. The average Bonchev–Trinajstić information content (AvgIpc) is 2.88. The van der Waals surface area contributed by atoms with Crippen molar-refractivity contribution in [2.24, 2.45) is 5.41 Å². The maximum Gasteiger partial charge on any atom is 0.475 e. The van der Waals surface area contributed by atoms with Crippen LogP contribution >= 0.6 is 31.2 Å². The van der Waals surface area contributed by atoms with E-state index in [0.717, 1.165) is 11.8 Å². The third kappa shape index (κ3) is 4.93. The molecule has 5 atom stereocenters. The van der Waals surface area contributed by atoms with E-state index in [2.05, 4.69) is 4.98 Å². The third-order valence-corrected chi connectivity index (χ3v) is 7.70. The number of alkyl halides is 1. The van der Waals surface area contributed by atoms with Gasteiger partial charge in [-0.1, -0.05) is 32.5 Å². The van der Waals surface area contributed by atoms with Crippen LogP contribution < -0.4 is 11.4 Å². The van der Waals surface area contributed by atoms with E-state index >= 15 is 0 Å². The molecule has 13 heteroatoms. The number of hydrogen-bond acceptors (Lipinski definition) is 10. The Bertz CT molecular complexity index is 919. The second kappa shape index (κ2) is 8.54. The van der Waals surface area contributed by atoms with Crippen molar-refractivity contribution in [2.45, 2.75) is 51.0 Å². The molecular weight excluding hydrogens is 457 g/mol. The van der Waals surface area contributed by atoms with E-state index in [4.69, 9.17) is 35.6 Å². The van der Waals surface area contributed by atoms with Gasteiger partial charge in [0.15, 0.2) is 11.3 Å². The summed E-state index contributed by atoms with van der Waals surface area (Å²) in [4.78, 5) is 26.6. The molecule has 3 heterocycles. The standard InChI is InChI=1S/C17H25ClN3O7PS/c1-16(2,3)14(22)30-8-7-25-29(24)26-9-10-12(28-29)17(4,18)13(27-10)21-6-5-11(19)20-15(21)23/h5-6,10,12-13H,7-9H2,1-4H3,(H2,19,20,23)/t10-,12-,13-,17-,29?/m1/s1. The number of aromatic nitrogens is 2. The lowest BCUT2D eigenvalue weighted by molar-refractivity contribution is -0.117. The van der Waals surface area contributed by atoms with Crippen molar-refractivity contribution < 1.29 is 27.7 Å². The van der Waals surface area contributed by atoms with Crippen LogP contribution in [0.4, 0.5) is 5.82 Å². The van der Waals surface area contributed by atoms with Crippen molar-refractivity contribution in [1.82, 2.24) is 9.55 Å². The summed E-state index contributed by atoms with van der Waals surface area (Å²) in [5, 5.41) is -0.00200. The molecule has 0 saturated carbocycles. The fraction of sp³-hybridized carbons (Fsp3) is 0.706. The minimum absolute atomic E-state index is 0.00200. The Morgan fingerprint density at radius 2 is 2.23 bits per heavy atom. The lowest BCUT2D eigenvalue weighted by Crippen LogP contribution is -2.45. The Morgan fingerprint density at radius 3 is 2.87 bits per heavy atom. The summed E-state index contributed by atoms with van der Waals surface area (Å²) in [5.41, 5.74) is 4.41. The van der Waals surface area contributed by atoms with Crippen LogP contribution in [0.5, 0.6) is 0 Å². The number of ether oxygens (including phenoxy) is 1. The molecule has 0 aliphatic carbocycles. The minimum atomic E-state index is -3.91. The Labute approximate surface area is 183 Å². The van der Waals surface area contributed by atoms with Crippen LogP contribution in [-0.2, 0) is 27.7 Å². The summed E-state index contributed by atoms with van der Waals surface area (Å²) in [6, 6.07) is 1.45. The smallest absolute Gasteiger partial charge is 0.383 e. The molecule has 1 unspecified atom stereocenters. The number of fused-ring (bicyclic) bond motifs is 1. The molecule has 2 fully saturated rings. The molecule has 10 nitrogen and oxygen atoms in total. The predicted molar refractivity (Wildman–Crippen MR) is 112 cm³/mol. The fourth-order valence-electron chi connectivity index (χ4n) is 3.02. The number of phosphoric acid groups is 1. The molecule has 30 heavy (non-hydrogen) atoms. The van der Waals surface area contributed by atoms with Crippen molar-refractivity contribution in [3.05, 3.63) is 22.7 Å². The number of nitrogens with two attached hydrogens (primary N) is 1. The molecule has 1 aromatic rings. The molecule has 2 N–H and O–H groups in total. The number of rotatable bonds is 5. The number of thioether (sulfide) groups is 1. The van der Waals surface area contributed by atoms with Crippen molar-refractivity contribution in [1.29, 1.82) is 0 Å². The van der Waals surface area contributed by atoms with Gasteiger partial charge in [-0.3, -0.25) is 22.9 Å². The summed E-state index contributed by atoms with van der Waals surface area (Å²) >= 11 is 7.77. The summed E-state index contributed by atoms with van der Waals surface area (Å²) < 4.78 is 36.2. The Hall–Kier alpha value is -0.940. The monoisotopic (exact) mass is 481 g/mol. The van der Waals surface area contributed by atoms with Gasteiger partial charge in [-0.2, -0.15) is 4.98 Å². The summed E-state index contributed by atoms with van der Waals surface area (Å²) in [5.74, 6) is 0.369. The first-order valence-electron chi connectivity index (χ1n) is 9.27. The van der Waals surface area contributed by atoms with Crippen LogP contribution in [0.25, 0.3) is 0 Å². The quantitative estimate of drug-likeness (QED) is 0.380. The maximum absolute atomic E-state index is 12.9. The van der Waals surface area contributed by atoms with Gasteiger partial charge in [0.1, 0.15) is 22.9 Å².